The first-order valence-electron chi connectivity index (χ1n) is 5.14. The molecule has 16 heavy (non-hydrogen) atoms. The zero-order valence-corrected chi connectivity index (χ0v) is 9.19. The van der Waals surface area contributed by atoms with Crippen molar-refractivity contribution in [3.05, 3.63) is 45.8 Å². The molecule has 3 nitrogen and oxygen atoms in total. The molecule has 2 aromatic rings. The van der Waals surface area contributed by atoms with Crippen LogP contribution in [0.5, 0.6) is 0 Å². The van der Waals surface area contributed by atoms with E-state index in [-0.39, 0.29) is 16.9 Å². The van der Waals surface area contributed by atoms with Gasteiger partial charge in [0.2, 0.25) is 5.43 Å². The Morgan fingerprint density at radius 3 is 2.69 bits per heavy atom. The van der Waals surface area contributed by atoms with Crippen molar-refractivity contribution in [2.24, 2.45) is 0 Å². The molecule has 1 heterocycles. The molecule has 0 bridgehead atoms. The number of rotatable bonds is 2. The molecule has 82 valence electrons. The lowest BCUT2D eigenvalue weighted by molar-refractivity contribution is 0.112. The highest BCUT2D eigenvalue weighted by Gasteiger charge is 2.12. The summed E-state index contributed by atoms with van der Waals surface area (Å²) in [5.74, 6) is 0.216. The molecular weight excluding hydrogens is 204 g/mol. The van der Waals surface area contributed by atoms with E-state index in [4.69, 9.17) is 4.42 Å². The molecule has 0 spiro atoms. The Kier molecular flexibility index (Phi) is 2.60. The van der Waals surface area contributed by atoms with Gasteiger partial charge in [-0.15, -0.1) is 0 Å². The van der Waals surface area contributed by atoms with Gasteiger partial charge in [0.1, 0.15) is 11.8 Å². The fourth-order valence-corrected chi connectivity index (χ4v) is 1.78. The van der Waals surface area contributed by atoms with E-state index in [1.807, 2.05) is 26.0 Å². The average Bonchev–Trinajstić information content (AvgIpc) is 2.29. The van der Waals surface area contributed by atoms with Gasteiger partial charge in [-0.05, 0) is 17.5 Å². The smallest absolute Gasteiger partial charge is 0.203 e. The first-order valence-corrected chi connectivity index (χ1v) is 5.14. The van der Waals surface area contributed by atoms with Gasteiger partial charge >= 0.3 is 0 Å². The molecule has 0 saturated heterocycles. The number of carbonyl (C=O) groups excluding carboxylic acids is 1. The van der Waals surface area contributed by atoms with Crippen LogP contribution in [0, 0.1) is 0 Å². The van der Waals surface area contributed by atoms with E-state index in [1.165, 1.54) is 6.26 Å². The molecule has 0 aliphatic heterocycles. The van der Waals surface area contributed by atoms with Crippen LogP contribution in [-0.4, -0.2) is 6.29 Å². The lowest BCUT2D eigenvalue weighted by atomic mass is 9.98. The van der Waals surface area contributed by atoms with Crippen molar-refractivity contribution < 1.29 is 9.21 Å². The Bertz CT molecular complexity index is 594. The summed E-state index contributed by atoms with van der Waals surface area (Å²) in [5.41, 5.74) is 1.26. The van der Waals surface area contributed by atoms with Gasteiger partial charge in [-0.2, -0.15) is 0 Å². The molecule has 0 N–H and O–H groups in total. The summed E-state index contributed by atoms with van der Waals surface area (Å²) in [6, 6.07) is 5.47. The quantitative estimate of drug-likeness (QED) is 0.725. The number of fused-ring (bicyclic) bond motifs is 1. The van der Waals surface area contributed by atoms with Gasteiger partial charge in [0, 0.05) is 0 Å². The van der Waals surface area contributed by atoms with E-state index in [1.54, 1.807) is 6.07 Å². The molecule has 0 saturated carbocycles. The predicted molar refractivity (Wildman–Crippen MR) is 62.0 cm³/mol. The second-order valence-corrected chi connectivity index (χ2v) is 4.01. The maximum Gasteiger partial charge on any atom is 0.203 e. The van der Waals surface area contributed by atoms with Gasteiger partial charge < -0.3 is 4.42 Å². The van der Waals surface area contributed by atoms with Crippen LogP contribution < -0.4 is 5.43 Å². The number of aldehydes is 1. The Morgan fingerprint density at radius 1 is 1.31 bits per heavy atom. The van der Waals surface area contributed by atoms with Crippen LogP contribution >= 0.6 is 0 Å². The maximum absolute atomic E-state index is 12.0. The fraction of sp³-hybridized carbons (Fsp3) is 0.231. The monoisotopic (exact) mass is 216 g/mol. The second-order valence-electron chi connectivity index (χ2n) is 4.01. The molecule has 0 atom stereocenters. The summed E-state index contributed by atoms with van der Waals surface area (Å²) in [5, 5.41) is 0.516. The first kappa shape index (κ1) is 10.6. The van der Waals surface area contributed by atoms with Crippen molar-refractivity contribution in [3.63, 3.8) is 0 Å². The zero-order valence-electron chi connectivity index (χ0n) is 9.19. The standard InChI is InChI=1S/C13H12O3/c1-8(2)10-4-3-5-11-12(10)13(15)9(6-14)7-16-11/h3-8H,1-2H3. The number of hydrogen-bond acceptors (Lipinski definition) is 3. The molecule has 0 amide bonds. The fourth-order valence-electron chi connectivity index (χ4n) is 1.78. The van der Waals surface area contributed by atoms with Gasteiger partial charge in [0.25, 0.3) is 0 Å². The van der Waals surface area contributed by atoms with E-state index >= 15 is 0 Å². The minimum absolute atomic E-state index is 0.0700. The molecule has 0 radical (unpaired) electrons. The molecule has 0 aliphatic rings. The Balaban J connectivity index is 2.94. The van der Waals surface area contributed by atoms with Gasteiger partial charge in [0.05, 0.1) is 10.9 Å². The van der Waals surface area contributed by atoms with Gasteiger partial charge in [-0.25, -0.2) is 0 Å². The predicted octanol–water partition coefficient (Wildman–Crippen LogP) is 2.73. The molecule has 0 unspecified atom stereocenters. The Labute approximate surface area is 92.7 Å². The molecule has 3 heteroatoms. The van der Waals surface area contributed by atoms with Crippen molar-refractivity contribution >= 4 is 17.3 Å². The van der Waals surface area contributed by atoms with Crippen molar-refractivity contribution in [1.82, 2.24) is 0 Å². The van der Waals surface area contributed by atoms with E-state index in [2.05, 4.69) is 0 Å². The lowest BCUT2D eigenvalue weighted by Gasteiger charge is -2.08. The van der Waals surface area contributed by atoms with Gasteiger partial charge in [-0.1, -0.05) is 26.0 Å². The van der Waals surface area contributed by atoms with E-state index < -0.39 is 0 Å². The minimum atomic E-state index is -0.249. The maximum atomic E-state index is 12.0. The molecular formula is C13H12O3. The Hall–Kier alpha value is -1.90. The summed E-state index contributed by atoms with van der Waals surface area (Å²) in [7, 11) is 0. The molecule has 2 rings (SSSR count). The highest BCUT2D eigenvalue weighted by atomic mass is 16.3. The van der Waals surface area contributed by atoms with Crippen molar-refractivity contribution in [1.29, 1.82) is 0 Å². The third-order valence-electron chi connectivity index (χ3n) is 2.61. The van der Waals surface area contributed by atoms with Gasteiger partial charge in [-0.3, -0.25) is 9.59 Å². The van der Waals surface area contributed by atoms with Gasteiger partial charge in [0.15, 0.2) is 6.29 Å². The van der Waals surface area contributed by atoms with E-state index in [0.29, 0.717) is 17.3 Å². The molecule has 1 aromatic carbocycles. The number of hydrogen-bond donors (Lipinski definition) is 0. The second kappa shape index (κ2) is 3.93. The minimum Gasteiger partial charge on any atom is -0.463 e. The number of benzene rings is 1. The van der Waals surface area contributed by atoms with E-state index in [9.17, 15) is 9.59 Å². The topological polar surface area (TPSA) is 47.3 Å². The summed E-state index contributed by atoms with van der Waals surface area (Å²) >= 11 is 0. The first-order chi connectivity index (χ1) is 7.65. The number of carbonyl (C=O) groups is 1. The molecule has 0 fully saturated rings. The summed E-state index contributed by atoms with van der Waals surface area (Å²) < 4.78 is 5.27. The average molecular weight is 216 g/mol. The third kappa shape index (κ3) is 1.54. The van der Waals surface area contributed by atoms with Crippen LogP contribution in [0.3, 0.4) is 0 Å². The zero-order chi connectivity index (χ0) is 11.7. The SMILES string of the molecule is CC(C)c1cccc2occ(C=O)c(=O)c12. The lowest BCUT2D eigenvalue weighted by Crippen LogP contribution is -2.10. The van der Waals surface area contributed by atoms with Crippen LogP contribution in [0.15, 0.2) is 33.7 Å². The normalized spacial score (nSPS) is 10.9. The summed E-state index contributed by atoms with van der Waals surface area (Å²) in [6.07, 6.45) is 1.74. The highest BCUT2D eigenvalue weighted by molar-refractivity contribution is 5.86. The van der Waals surface area contributed by atoms with Crippen molar-refractivity contribution in [3.8, 4) is 0 Å². The van der Waals surface area contributed by atoms with Crippen LogP contribution in [0.2, 0.25) is 0 Å². The van der Waals surface area contributed by atoms with E-state index in [0.717, 1.165) is 5.56 Å². The largest absolute Gasteiger partial charge is 0.463 e. The third-order valence-corrected chi connectivity index (χ3v) is 2.61. The van der Waals surface area contributed by atoms with Crippen LogP contribution in [0.1, 0.15) is 35.7 Å². The Morgan fingerprint density at radius 2 is 2.06 bits per heavy atom. The van der Waals surface area contributed by atoms with Crippen LogP contribution in [0.25, 0.3) is 11.0 Å². The van der Waals surface area contributed by atoms with Crippen LogP contribution in [0.4, 0.5) is 0 Å². The molecule has 0 aliphatic carbocycles. The summed E-state index contributed by atoms with van der Waals surface area (Å²) in [6.45, 7) is 4.00. The highest BCUT2D eigenvalue weighted by Crippen LogP contribution is 2.22. The van der Waals surface area contributed by atoms with Crippen LogP contribution in [-0.2, 0) is 0 Å². The summed E-state index contributed by atoms with van der Waals surface area (Å²) in [4.78, 5) is 22.7. The molecule has 1 aromatic heterocycles. The van der Waals surface area contributed by atoms with Crippen molar-refractivity contribution in [2.45, 2.75) is 19.8 Å². The van der Waals surface area contributed by atoms with Crippen molar-refractivity contribution in [2.75, 3.05) is 0 Å².